The van der Waals surface area contributed by atoms with Crippen LogP contribution in [0.2, 0.25) is 0 Å². The molecule has 0 amide bonds. The summed E-state index contributed by atoms with van der Waals surface area (Å²) in [5.41, 5.74) is 1.70. The highest BCUT2D eigenvalue weighted by molar-refractivity contribution is 5.62. The molecule has 2 rings (SSSR count). The zero-order chi connectivity index (χ0) is 12.4. The minimum absolute atomic E-state index is 0.147. The van der Waals surface area contributed by atoms with Gasteiger partial charge >= 0.3 is 0 Å². The molecule has 1 fully saturated rings. The van der Waals surface area contributed by atoms with Crippen LogP contribution in [0, 0.1) is 10.1 Å². The number of nitrogens with one attached hydrogen (secondary N) is 1. The van der Waals surface area contributed by atoms with Gasteiger partial charge < -0.3 is 5.32 Å². The SMILES string of the molecule is CNc1ccc(CN(C)C2CC2)cc1[N+](=O)[O-]. The van der Waals surface area contributed by atoms with Crippen LogP contribution in [-0.4, -0.2) is 30.0 Å². The highest BCUT2D eigenvalue weighted by Gasteiger charge is 2.26. The quantitative estimate of drug-likeness (QED) is 0.628. The Morgan fingerprint density at radius 3 is 2.76 bits per heavy atom. The van der Waals surface area contributed by atoms with Gasteiger partial charge in [-0.25, -0.2) is 0 Å². The first-order valence-electron chi connectivity index (χ1n) is 5.77. The van der Waals surface area contributed by atoms with Crippen LogP contribution in [0.3, 0.4) is 0 Å². The Labute approximate surface area is 101 Å². The second-order valence-electron chi connectivity index (χ2n) is 4.50. The van der Waals surface area contributed by atoms with Crippen molar-refractivity contribution in [3.8, 4) is 0 Å². The summed E-state index contributed by atoms with van der Waals surface area (Å²) in [4.78, 5) is 12.8. The van der Waals surface area contributed by atoms with Crippen molar-refractivity contribution in [2.45, 2.75) is 25.4 Å². The van der Waals surface area contributed by atoms with E-state index in [1.54, 1.807) is 19.2 Å². The summed E-state index contributed by atoms with van der Waals surface area (Å²) in [6.45, 7) is 0.773. The molecule has 0 saturated heterocycles. The summed E-state index contributed by atoms with van der Waals surface area (Å²) in [5.74, 6) is 0. The Kier molecular flexibility index (Phi) is 3.28. The fraction of sp³-hybridized carbons (Fsp3) is 0.500. The Morgan fingerprint density at radius 1 is 1.53 bits per heavy atom. The molecule has 0 unspecified atom stereocenters. The Bertz CT molecular complexity index is 430. The van der Waals surface area contributed by atoms with Gasteiger partial charge in [0, 0.05) is 25.7 Å². The third-order valence-electron chi connectivity index (χ3n) is 3.13. The normalized spacial score (nSPS) is 15.0. The molecule has 1 saturated carbocycles. The molecule has 1 aliphatic rings. The number of nitro groups is 1. The van der Waals surface area contributed by atoms with Crippen LogP contribution >= 0.6 is 0 Å². The van der Waals surface area contributed by atoms with Gasteiger partial charge in [0.2, 0.25) is 0 Å². The molecular weight excluding hydrogens is 218 g/mol. The number of nitrogens with zero attached hydrogens (tertiary/aromatic N) is 2. The second-order valence-corrected chi connectivity index (χ2v) is 4.50. The van der Waals surface area contributed by atoms with E-state index in [0.717, 1.165) is 12.1 Å². The molecule has 0 spiro atoms. The second kappa shape index (κ2) is 4.71. The van der Waals surface area contributed by atoms with Crippen LogP contribution in [0.25, 0.3) is 0 Å². The Morgan fingerprint density at radius 2 is 2.24 bits per heavy atom. The van der Waals surface area contributed by atoms with Gasteiger partial charge in [0.05, 0.1) is 4.92 Å². The summed E-state index contributed by atoms with van der Waals surface area (Å²) in [7, 11) is 3.76. The van der Waals surface area contributed by atoms with E-state index in [-0.39, 0.29) is 10.6 Å². The van der Waals surface area contributed by atoms with E-state index in [0.29, 0.717) is 11.7 Å². The average Bonchev–Trinajstić information content (AvgIpc) is 3.12. The summed E-state index contributed by atoms with van der Waals surface area (Å²) in [6, 6.07) is 6.04. The van der Waals surface area contributed by atoms with E-state index in [1.807, 2.05) is 6.07 Å². The predicted octanol–water partition coefficient (Wildman–Crippen LogP) is 2.23. The Hall–Kier alpha value is -1.62. The third kappa shape index (κ3) is 2.74. The van der Waals surface area contributed by atoms with Crippen molar-refractivity contribution in [3.05, 3.63) is 33.9 Å². The third-order valence-corrected chi connectivity index (χ3v) is 3.13. The zero-order valence-electron chi connectivity index (χ0n) is 10.1. The van der Waals surface area contributed by atoms with Gasteiger partial charge in [-0.1, -0.05) is 6.07 Å². The van der Waals surface area contributed by atoms with Crippen LogP contribution in [-0.2, 0) is 6.54 Å². The summed E-state index contributed by atoms with van der Waals surface area (Å²) < 4.78 is 0. The van der Waals surface area contributed by atoms with E-state index < -0.39 is 0 Å². The molecule has 0 radical (unpaired) electrons. The largest absolute Gasteiger partial charge is 0.383 e. The Balaban J connectivity index is 2.17. The van der Waals surface area contributed by atoms with Crippen molar-refractivity contribution in [1.82, 2.24) is 4.90 Å². The lowest BCUT2D eigenvalue weighted by Gasteiger charge is -2.15. The number of rotatable bonds is 5. The van der Waals surface area contributed by atoms with Crippen LogP contribution in [0.4, 0.5) is 11.4 Å². The van der Waals surface area contributed by atoms with Gasteiger partial charge in [-0.2, -0.15) is 0 Å². The smallest absolute Gasteiger partial charge is 0.292 e. The molecule has 5 nitrogen and oxygen atoms in total. The monoisotopic (exact) mass is 235 g/mol. The maximum absolute atomic E-state index is 10.9. The van der Waals surface area contributed by atoms with Gasteiger partial charge in [-0.3, -0.25) is 15.0 Å². The maximum atomic E-state index is 10.9. The number of hydrogen-bond acceptors (Lipinski definition) is 4. The van der Waals surface area contributed by atoms with Gasteiger partial charge in [0.1, 0.15) is 5.69 Å². The molecule has 1 N–H and O–H groups in total. The molecule has 0 aliphatic heterocycles. The minimum Gasteiger partial charge on any atom is -0.383 e. The van der Waals surface area contributed by atoms with Gasteiger partial charge in [-0.05, 0) is 31.5 Å². The molecule has 1 aliphatic carbocycles. The molecule has 0 atom stereocenters. The summed E-state index contributed by atoms with van der Waals surface area (Å²) >= 11 is 0. The van der Waals surface area contributed by atoms with Crippen LogP contribution in [0.1, 0.15) is 18.4 Å². The number of nitro benzene ring substituents is 1. The first-order valence-corrected chi connectivity index (χ1v) is 5.77. The number of anilines is 1. The van der Waals surface area contributed by atoms with E-state index in [4.69, 9.17) is 0 Å². The van der Waals surface area contributed by atoms with Crippen LogP contribution in [0.15, 0.2) is 18.2 Å². The molecule has 92 valence electrons. The topological polar surface area (TPSA) is 58.4 Å². The first kappa shape index (κ1) is 11.9. The van der Waals surface area contributed by atoms with E-state index in [9.17, 15) is 10.1 Å². The lowest BCUT2D eigenvalue weighted by atomic mass is 10.1. The van der Waals surface area contributed by atoms with E-state index >= 15 is 0 Å². The molecule has 0 heterocycles. The van der Waals surface area contributed by atoms with Gasteiger partial charge in [0.15, 0.2) is 0 Å². The summed E-state index contributed by atoms with van der Waals surface area (Å²) in [6.07, 6.45) is 2.49. The molecule has 0 aromatic heterocycles. The maximum Gasteiger partial charge on any atom is 0.292 e. The highest BCUT2D eigenvalue weighted by Crippen LogP contribution is 2.29. The lowest BCUT2D eigenvalue weighted by Crippen LogP contribution is -2.19. The number of benzene rings is 1. The van der Waals surface area contributed by atoms with Gasteiger partial charge in [-0.15, -0.1) is 0 Å². The van der Waals surface area contributed by atoms with E-state index in [2.05, 4.69) is 17.3 Å². The molecule has 1 aromatic carbocycles. The fourth-order valence-corrected chi connectivity index (χ4v) is 1.97. The standard InChI is InChI=1S/C12H17N3O2/c1-13-11-6-3-9(7-12(11)15(16)17)8-14(2)10-4-5-10/h3,6-7,10,13H,4-5,8H2,1-2H3. The molecule has 5 heteroatoms. The van der Waals surface area contributed by atoms with E-state index in [1.165, 1.54) is 12.8 Å². The van der Waals surface area contributed by atoms with Crippen molar-refractivity contribution >= 4 is 11.4 Å². The predicted molar refractivity (Wildman–Crippen MR) is 67.1 cm³/mol. The molecule has 0 bridgehead atoms. The number of hydrogen-bond donors (Lipinski definition) is 1. The molecular formula is C12H17N3O2. The fourth-order valence-electron chi connectivity index (χ4n) is 1.97. The van der Waals surface area contributed by atoms with Crippen molar-refractivity contribution in [2.24, 2.45) is 0 Å². The van der Waals surface area contributed by atoms with Crippen molar-refractivity contribution in [1.29, 1.82) is 0 Å². The lowest BCUT2D eigenvalue weighted by molar-refractivity contribution is -0.384. The average molecular weight is 235 g/mol. The summed E-state index contributed by atoms with van der Waals surface area (Å²) in [5, 5.41) is 13.8. The van der Waals surface area contributed by atoms with Crippen LogP contribution in [0.5, 0.6) is 0 Å². The zero-order valence-corrected chi connectivity index (χ0v) is 10.1. The van der Waals surface area contributed by atoms with Crippen molar-refractivity contribution < 1.29 is 4.92 Å². The molecule has 1 aromatic rings. The first-order chi connectivity index (χ1) is 8.11. The van der Waals surface area contributed by atoms with Crippen molar-refractivity contribution in [2.75, 3.05) is 19.4 Å². The van der Waals surface area contributed by atoms with Crippen LogP contribution < -0.4 is 5.32 Å². The van der Waals surface area contributed by atoms with Crippen molar-refractivity contribution in [3.63, 3.8) is 0 Å². The minimum atomic E-state index is -0.341. The highest BCUT2D eigenvalue weighted by atomic mass is 16.6. The van der Waals surface area contributed by atoms with Gasteiger partial charge in [0.25, 0.3) is 5.69 Å². The molecule has 17 heavy (non-hydrogen) atoms.